The van der Waals surface area contributed by atoms with Crippen LogP contribution in [0.5, 0.6) is 17.4 Å². The molecular formula is C13H11ClN2O4. The average molecular weight is 295 g/mol. The SMILES string of the molecule is COc1ccc(Oc2ncccc2CCl)c([N+](=O)[O-])c1. The molecule has 7 heteroatoms. The van der Waals surface area contributed by atoms with Crippen molar-refractivity contribution >= 4 is 17.3 Å². The first-order valence-corrected chi connectivity index (χ1v) is 6.19. The summed E-state index contributed by atoms with van der Waals surface area (Å²) < 4.78 is 10.5. The predicted octanol–water partition coefficient (Wildman–Crippen LogP) is 3.53. The number of hydrogen-bond donors (Lipinski definition) is 0. The van der Waals surface area contributed by atoms with Gasteiger partial charge in [0, 0.05) is 11.8 Å². The number of nitro benzene ring substituents is 1. The van der Waals surface area contributed by atoms with Gasteiger partial charge in [0.15, 0.2) is 0 Å². The smallest absolute Gasteiger partial charge is 0.315 e. The average Bonchev–Trinajstić information content (AvgIpc) is 2.48. The highest BCUT2D eigenvalue weighted by molar-refractivity contribution is 6.17. The lowest BCUT2D eigenvalue weighted by Gasteiger charge is -2.09. The van der Waals surface area contributed by atoms with Crippen molar-refractivity contribution in [3.8, 4) is 17.4 Å². The molecule has 2 rings (SSSR count). The minimum atomic E-state index is -0.541. The molecule has 0 radical (unpaired) electrons. The molecule has 0 saturated heterocycles. The Hall–Kier alpha value is -2.34. The van der Waals surface area contributed by atoms with Gasteiger partial charge in [-0.1, -0.05) is 6.07 Å². The Morgan fingerprint density at radius 1 is 1.40 bits per heavy atom. The van der Waals surface area contributed by atoms with Gasteiger partial charge in [-0.3, -0.25) is 10.1 Å². The van der Waals surface area contributed by atoms with Crippen molar-refractivity contribution in [3.63, 3.8) is 0 Å². The number of alkyl halides is 1. The molecule has 2 aromatic rings. The highest BCUT2D eigenvalue weighted by Crippen LogP contribution is 2.34. The van der Waals surface area contributed by atoms with Crippen molar-refractivity contribution in [2.24, 2.45) is 0 Å². The van der Waals surface area contributed by atoms with Crippen LogP contribution in [-0.2, 0) is 5.88 Å². The number of nitrogens with zero attached hydrogens (tertiary/aromatic N) is 2. The fraction of sp³-hybridized carbons (Fsp3) is 0.154. The molecule has 0 aliphatic carbocycles. The number of ether oxygens (including phenoxy) is 2. The molecule has 0 atom stereocenters. The molecule has 0 aliphatic rings. The second-order valence-electron chi connectivity index (χ2n) is 3.79. The Morgan fingerprint density at radius 2 is 2.20 bits per heavy atom. The molecule has 0 bridgehead atoms. The van der Waals surface area contributed by atoms with Crippen LogP contribution in [0.15, 0.2) is 36.5 Å². The normalized spacial score (nSPS) is 10.1. The zero-order chi connectivity index (χ0) is 14.5. The second-order valence-corrected chi connectivity index (χ2v) is 4.06. The number of hydrogen-bond acceptors (Lipinski definition) is 5. The number of halogens is 1. The van der Waals surface area contributed by atoms with Crippen molar-refractivity contribution in [1.82, 2.24) is 4.98 Å². The third-order valence-corrected chi connectivity index (χ3v) is 2.85. The Balaban J connectivity index is 2.40. The third kappa shape index (κ3) is 2.97. The minimum absolute atomic E-state index is 0.0841. The fourth-order valence-corrected chi connectivity index (χ4v) is 1.78. The first-order valence-electron chi connectivity index (χ1n) is 5.66. The highest BCUT2D eigenvalue weighted by Gasteiger charge is 2.18. The van der Waals surface area contributed by atoms with E-state index in [4.69, 9.17) is 21.1 Å². The lowest BCUT2D eigenvalue weighted by Crippen LogP contribution is -1.97. The van der Waals surface area contributed by atoms with E-state index in [-0.39, 0.29) is 23.2 Å². The second kappa shape index (κ2) is 6.21. The van der Waals surface area contributed by atoms with Gasteiger partial charge in [-0.05, 0) is 18.2 Å². The van der Waals surface area contributed by atoms with Crippen LogP contribution >= 0.6 is 11.6 Å². The number of aromatic nitrogens is 1. The summed E-state index contributed by atoms with van der Waals surface area (Å²) in [5.74, 6) is 0.909. The number of methoxy groups -OCH3 is 1. The summed E-state index contributed by atoms with van der Waals surface area (Å²) in [6.45, 7) is 0. The predicted molar refractivity (Wildman–Crippen MR) is 73.5 cm³/mol. The molecule has 0 fully saturated rings. The molecule has 0 unspecified atom stereocenters. The summed E-state index contributed by atoms with van der Waals surface area (Å²) >= 11 is 5.77. The third-order valence-electron chi connectivity index (χ3n) is 2.56. The fourth-order valence-electron chi connectivity index (χ4n) is 1.58. The highest BCUT2D eigenvalue weighted by atomic mass is 35.5. The van der Waals surface area contributed by atoms with Crippen molar-refractivity contribution in [3.05, 3.63) is 52.2 Å². The van der Waals surface area contributed by atoms with Crippen LogP contribution in [0.2, 0.25) is 0 Å². The van der Waals surface area contributed by atoms with E-state index in [0.29, 0.717) is 11.3 Å². The van der Waals surface area contributed by atoms with Gasteiger partial charge in [-0.2, -0.15) is 0 Å². The molecule has 0 saturated carbocycles. The molecule has 6 nitrogen and oxygen atoms in total. The summed E-state index contributed by atoms with van der Waals surface area (Å²) in [7, 11) is 1.43. The van der Waals surface area contributed by atoms with Crippen molar-refractivity contribution in [1.29, 1.82) is 0 Å². The van der Waals surface area contributed by atoms with E-state index in [1.165, 1.54) is 25.4 Å². The summed E-state index contributed by atoms with van der Waals surface area (Å²) in [6, 6.07) is 7.78. The van der Waals surface area contributed by atoms with Gasteiger partial charge < -0.3 is 9.47 Å². The molecule has 1 heterocycles. The van der Waals surface area contributed by atoms with Gasteiger partial charge in [-0.15, -0.1) is 11.6 Å². The van der Waals surface area contributed by atoms with E-state index < -0.39 is 4.92 Å². The summed E-state index contributed by atoms with van der Waals surface area (Å²) in [4.78, 5) is 14.5. The standard InChI is InChI=1S/C13H11ClN2O4/c1-19-10-4-5-12(11(7-10)16(17)18)20-13-9(8-14)3-2-6-15-13/h2-7H,8H2,1H3. The molecular weight excluding hydrogens is 284 g/mol. The van der Waals surface area contributed by atoms with Gasteiger partial charge in [0.2, 0.25) is 11.6 Å². The van der Waals surface area contributed by atoms with Gasteiger partial charge >= 0.3 is 5.69 Å². The summed E-state index contributed by atoms with van der Waals surface area (Å²) in [6.07, 6.45) is 1.53. The Labute approximate surface area is 120 Å². The molecule has 1 aromatic heterocycles. The maximum absolute atomic E-state index is 11.1. The zero-order valence-corrected chi connectivity index (χ0v) is 11.3. The lowest BCUT2D eigenvalue weighted by molar-refractivity contribution is -0.385. The van der Waals surface area contributed by atoms with Crippen LogP contribution in [-0.4, -0.2) is 17.0 Å². The minimum Gasteiger partial charge on any atom is -0.496 e. The maximum Gasteiger partial charge on any atom is 0.315 e. The van der Waals surface area contributed by atoms with E-state index in [9.17, 15) is 10.1 Å². The molecule has 20 heavy (non-hydrogen) atoms. The Morgan fingerprint density at radius 3 is 2.85 bits per heavy atom. The number of nitro groups is 1. The van der Waals surface area contributed by atoms with E-state index in [0.717, 1.165) is 0 Å². The van der Waals surface area contributed by atoms with Crippen LogP contribution in [0.1, 0.15) is 5.56 Å². The van der Waals surface area contributed by atoms with Crippen LogP contribution in [0.25, 0.3) is 0 Å². The van der Waals surface area contributed by atoms with Gasteiger partial charge in [0.1, 0.15) is 5.75 Å². The summed E-state index contributed by atoms with van der Waals surface area (Å²) in [5.41, 5.74) is 0.454. The maximum atomic E-state index is 11.1. The molecule has 104 valence electrons. The Kier molecular flexibility index (Phi) is 4.37. The largest absolute Gasteiger partial charge is 0.496 e. The molecule has 1 aromatic carbocycles. The van der Waals surface area contributed by atoms with Crippen LogP contribution in [0.3, 0.4) is 0 Å². The number of benzene rings is 1. The monoisotopic (exact) mass is 294 g/mol. The number of pyridine rings is 1. The van der Waals surface area contributed by atoms with Crippen molar-refractivity contribution in [2.75, 3.05) is 7.11 Å². The summed E-state index contributed by atoms with van der Waals surface area (Å²) in [5, 5.41) is 11.1. The van der Waals surface area contributed by atoms with Crippen molar-refractivity contribution in [2.45, 2.75) is 5.88 Å². The molecule has 0 N–H and O–H groups in total. The number of rotatable bonds is 5. The Bertz CT molecular complexity index is 634. The van der Waals surface area contributed by atoms with Gasteiger partial charge in [-0.25, -0.2) is 4.98 Å². The van der Waals surface area contributed by atoms with Crippen LogP contribution < -0.4 is 9.47 Å². The first-order chi connectivity index (χ1) is 9.65. The molecule has 0 spiro atoms. The molecule has 0 aliphatic heterocycles. The van der Waals surface area contributed by atoms with Gasteiger partial charge in [0.25, 0.3) is 0 Å². The lowest BCUT2D eigenvalue weighted by atomic mass is 10.2. The first kappa shape index (κ1) is 14.1. The molecule has 0 amide bonds. The van der Waals surface area contributed by atoms with Gasteiger partial charge in [0.05, 0.1) is 24.0 Å². The topological polar surface area (TPSA) is 74.5 Å². The van der Waals surface area contributed by atoms with E-state index >= 15 is 0 Å². The van der Waals surface area contributed by atoms with E-state index in [1.54, 1.807) is 18.2 Å². The van der Waals surface area contributed by atoms with Crippen LogP contribution in [0, 0.1) is 10.1 Å². The zero-order valence-electron chi connectivity index (χ0n) is 10.6. The van der Waals surface area contributed by atoms with E-state index in [1.807, 2.05) is 0 Å². The van der Waals surface area contributed by atoms with Crippen LogP contribution in [0.4, 0.5) is 5.69 Å². The van der Waals surface area contributed by atoms with Crippen molar-refractivity contribution < 1.29 is 14.4 Å². The quantitative estimate of drug-likeness (QED) is 0.479. The van der Waals surface area contributed by atoms with E-state index in [2.05, 4.69) is 4.98 Å².